The molecule has 1 aromatic rings. The molecule has 0 aromatic carbocycles. The molecule has 0 amide bonds. The highest BCUT2D eigenvalue weighted by molar-refractivity contribution is 5.56. The van der Waals surface area contributed by atoms with Crippen molar-refractivity contribution in [2.75, 3.05) is 30.9 Å². The summed E-state index contributed by atoms with van der Waals surface area (Å²) in [5.41, 5.74) is 2.41. The van der Waals surface area contributed by atoms with Gasteiger partial charge in [0.2, 0.25) is 0 Å². The number of pyridine rings is 1. The maximum atomic E-state index is 4.81. The molecule has 1 unspecified atom stereocenters. The standard InChI is InChI=1S/C15H27N3/c1-8-12(4)14-9-13(17(5)6)10-15(16-14)18(7)11(2)3/h9-12H,8H2,1-7H3. The molecular weight excluding hydrogens is 222 g/mol. The fourth-order valence-electron chi connectivity index (χ4n) is 1.69. The molecule has 0 saturated heterocycles. The number of hydrogen-bond donors (Lipinski definition) is 0. The third kappa shape index (κ3) is 3.37. The Hall–Kier alpha value is -1.25. The van der Waals surface area contributed by atoms with Crippen molar-refractivity contribution in [3.63, 3.8) is 0 Å². The molecule has 0 fully saturated rings. The maximum absolute atomic E-state index is 4.81. The van der Waals surface area contributed by atoms with Crippen molar-refractivity contribution in [3.05, 3.63) is 17.8 Å². The Labute approximate surface area is 112 Å². The Morgan fingerprint density at radius 1 is 1.11 bits per heavy atom. The van der Waals surface area contributed by atoms with Crippen molar-refractivity contribution >= 4 is 11.5 Å². The number of hydrogen-bond acceptors (Lipinski definition) is 3. The van der Waals surface area contributed by atoms with Gasteiger partial charge in [-0.25, -0.2) is 4.98 Å². The van der Waals surface area contributed by atoms with Crippen molar-refractivity contribution in [2.45, 2.75) is 46.1 Å². The highest BCUT2D eigenvalue weighted by atomic mass is 15.2. The lowest BCUT2D eigenvalue weighted by Gasteiger charge is -2.26. The van der Waals surface area contributed by atoms with Gasteiger partial charge in [0.05, 0.1) is 0 Å². The molecule has 102 valence electrons. The summed E-state index contributed by atoms with van der Waals surface area (Å²) >= 11 is 0. The number of aromatic nitrogens is 1. The predicted octanol–water partition coefficient (Wildman–Crippen LogP) is 3.51. The quantitative estimate of drug-likeness (QED) is 0.796. The average molecular weight is 249 g/mol. The van der Waals surface area contributed by atoms with E-state index in [1.165, 1.54) is 11.4 Å². The minimum Gasteiger partial charge on any atom is -0.377 e. The van der Waals surface area contributed by atoms with Crippen molar-refractivity contribution in [2.24, 2.45) is 0 Å². The van der Waals surface area contributed by atoms with E-state index in [-0.39, 0.29) is 0 Å². The molecule has 1 aromatic heterocycles. The van der Waals surface area contributed by atoms with Gasteiger partial charge >= 0.3 is 0 Å². The van der Waals surface area contributed by atoms with Crippen LogP contribution in [0.25, 0.3) is 0 Å². The molecule has 0 aliphatic carbocycles. The Balaban J connectivity index is 3.22. The van der Waals surface area contributed by atoms with E-state index in [4.69, 9.17) is 4.98 Å². The van der Waals surface area contributed by atoms with Crippen LogP contribution < -0.4 is 9.80 Å². The number of anilines is 2. The van der Waals surface area contributed by atoms with E-state index in [0.29, 0.717) is 12.0 Å². The molecule has 3 heteroatoms. The van der Waals surface area contributed by atoms with E-state index in [2.05, 4.69) is 70.8 Å². The van der Waals surface area contributed by atoms with Crippen molar-refractivity contribution in [3.8, 4) is 0 Å². The topological polar surface area (TPSA) is 19.4 Å². The highest BCUT2D eigenvalue weighted by Gasteiger charge is 2.13. The molecule has 0 radical (unpaired) electrons. The van der Waals surface area contributed by atoms with Gasteiger partial charge in [0.1, 0.15) is 5.82 Å². The van der Waals surface area contributed by atoms with Gasteiger partial charge in [-0.15, -0.1) is 0 Å². The van der Waals surface area contributed by atoms with Crippen LogP contribution in [0, 0.1) is 0 Å². The van der Waals surface area contributed by atoms with Crippen molar-refractivity contribution in [1.29, 1.82) is 0 Å². The molecule has 1 atom stereocenters. The first-order chi connectivity index (χ1) is 8.36. The first kappa shape index (κ1) is 14.8. The van der Waals surface area contributed by atoms with Gasteiger partial charge < -0.3 is 9.80 Å². The zero-order valence-corrected chi connectivity index (χ0v) is 12.9. The zero-order valence-electron chi connectivity index (χ0n) is 12.9. The summed E-state index contributed by atoms with van der Waals surface area (Å²) in [7, 11) is 6.26. The van der Waals surface area contributed by atoms with Gasteiger partial charge in [0.25, 0.3) is 0 Å². The second-order valence-electron chi connectivity index (χ2n) is 5.52. The molecule has 18 heavy (non-hydrogen) atoms. The van der Waals surface area contributed by atoms with Gasteiger partial charge in [-0.3, -0.25) is 0 Å². The molecule has 1 heterocycles. The number of nitrogens with zero attached hydrogens (tertiary/aromatic N) is 3. The van der Waals surface area contributed by atoms with Crippen LogP contribution in [0.4, 0.5) is 11.5 Å². The summed E-state index contributed by atoms with van der Waals surface area (Å²) in [6.45, 7) is 8.82. The van der Waals surface area contributed by atoms with E-state index < -0.39 is 0 Å². The average Bonchev–Trinajstić information content (AvgIpc) is 2.35. The van der Waals surface area contributed by atoms with Gasteiger partial charge in [0.15, 0.2) is 0 Å². The summed E-state index contributed by atoms with van der Waals surface area (Å²) in [4.78, 5) is 9.17. The van der Waals surface area contributed by atoms with E-state index >= 15 is 0 Å². The van der Waals surface area contributed by atoms with Crippen LogP contribution in [0.5, 0.6) is 0 Å². The Morgan fingerprint density at radius 2 is 1.72 bits per heavy atom. The zero-order chi connectivity index (χ0) is 13.9. The summed E-state index contributed by atoms with van der Waals surface area (Å²) in [5.74, 6) is 1.57. The van der Waals surface area contributed by atoms with E-state index in [0.717, 1.165) is 12.2 Å². The normalized spacial score (nSPS) is 12.7. The van der Waals surface area contributed by atoms with Crippen LogP contribution >= 0.6 is 0 Å². The molecule has 0 aliphatic heterocycles. The second kappa shape index (κ2) is 6.07. The van der Waals surface area contributed by atoms with Crippen molar-refractivity contribution in [1.82, 2.24) is 4.98 Å². The molecule has 0 spiro atoms. The lowest BCUT2D eigenvalue weighted by atomic mass is 10.0. The van der Waals surface area contributed by atoms with Crippen molar-refractivity contribution < 1.29 is 0 Å². The van der Waals surface area contributed by atoms with Crippen LogP contribution in [0.1, 0.15) is 45.7 Å². The third-order valence-electron chi connectivity index (χ3n) is 3.59. The highest BCUT2D eigenvalue weighted by Crippen LogP contribution is 2.26. The minimum absolute atomic E-state index is 0.458. The SMILES string of the molecule is CCC(C)c1cc(N(C)C)cc(N(C)C(C)C)n1. The van der Waals surface area contributed by atoms with Crippen LogP contribution in [-0.4, -0.2) is 32.2 Å². The van der Waals surface area contributed by atoms with Crippen LogP contribution in [-0.2, 0) is 0 Å². The summed E-state index contributed by atoms with van der Waals surface area (Å²) < 4.78 is 0. The smallest absolute Gasteiger partial charge is 0.130 e. The molecule has 1 rings (SSSR count). The van der Waals surface area contributed by atoms with E-state index in [1.807, 2.05) is 0 Å². The van der Waals surface area contributed by atoms with E-state index in [1.54, 1.807) is 0 Å². The summed E-state index contributed by atoms with van der Waals surface area (Å²) in [6, 6.07) is 4.82. The minimum atomic E-state index is 0.458. The van der Waals surface area contributed by atoms with Crippen LogP contribution in [0.15, 0.2) is 12.1 Å². The first-order valence-electron chi connectivity index (χ1n) is 6.79. The fraction of sp³-hybridized carbons (Fsp3) is 0.667. The molecule has 0 bridgehead atoms. The monoisotopic (exact) mass is 249 g/mol. The third-order valence-corrected chi connectivity index (χ3v) is 3.59. The maximum Gasteiger partial charge on any atom is 0.130 e. The number of rotatable bonds is 5. The van der Waals surface area contributed by atoms with Gasteiger partial charge in [-0.1, -0.05) is 13.8 Å². The van der Waals surface area contributed by atoms with Gasteiger partial charge in [-0.05, 0) is 32.3 Å². The van der Waals surface area contributed by atoms with E-state index in [9.17, 15) is 0 Å². The largest absolute Gasteiger partial charge is 0.377 e. The fourth-order valence-corrected chi connectivity index (χ4v) is 1.69. The predicted molar refractivity (Wildman–Crippen MR) is 80.8 cm³/mol. The Bertz CT molecular complexity index is 385. The lowest BCUT2D eigenvalue weighted by Crippen LogP contribution is -2.27. The molecule has 3 nitrogen and oxygen atoms in total. The van der Waals surface area contributed by atoms with Crippen LogP contribution in [0.2, 0.25) is 0 Å². The first-order valence-corrected chi connectivity index (χ1v) is 6.79. The van der Waals surface area contributed by atoms with Gasteiger partial charge in [0, 0.05) is 44.6 Å². The summed E-state index contributed by atoms with van der Waals surface area (Å²) in [6.07, 6.45) is 1.12. The Kier molecular flexibility index (Phi) is 5.00. The molecular formula is C15H27N3. The van der Waals surface area contributed by atoms with Gasteiger partial charge in [-0.2, -0.15) is 0 Å². The lowest BCUT2D eigenvalue weighted by molar-refractivity contribution is 0.694. The summed E-state index contributed by atoms with van der Waals surface area (Å²) in [5, 5.41) is 0. The second-order valence-corrected chi connectivity index (χ2v) is 5.52. The molecule has 0 aliphatic rings. The Morgan fingerprint density at radius 3 is 2.17 bits per heavy atom. The molecule has 0 N–H and O–H groups in total. The van der Waals surface area contributed by atoms with Crippen LogP contribution in [0.3, 0.4) is 0 Å². The molecule has 0 saturated carbocycles.